The van der Waals surface area contributed by atoms with Crippen LogP contribution in [-0.4, -0.2) is 15.4 Å². The van der Waals surface area contributed by atoms with Crippen LogP contribution in [0.3, 0.4) is 0 Å². The summed E-state index contributed by atoms with van der Waals surface area (Å²) in [7, 11) is 0. The lowest BCUT2D eigenvalue weighted by Crippen LogP contribution is -2.15. The van der Waals surface area contributed by atoms with E-state index in [4.69, 9.17) is 11.6 Å². The SMILES string of the molecule is NN=C(N)c1csnn1. The highest BCUT2D eigenvalue weighted by Crippen LogP contribution is 1.94. The Bertz CT molecular complexity index is 202. The van der Waals surface area contributed by atoms with Crippen molar-refractivity contribution in [2.75, 3.05) is 0 Å². The minimum Gasteiger partial charge on any atom is -0.380 e. The van der Waals surface area contributed by atoms with Gasteiger partial charge in [0.25, 0.3) is 0 Å². The lowest BCUT2D eigenvalue weighted by molar-refractivity contribution is 1.12. The van der Waals surface area contributed by atoms with E-state index in [1.165, 1.54) is 11.5 Å². The molecule has 0 spiro atoms. The second-order valence-corrected chi connectivity index (χ2v) is 1.91. The number of hydrogen-bond acceptors (Lipinski definition) is 5. The number of aromatic nitrogens is 2. The third-order valence-electron chi connectivity index (χ3n) is 0.762. The number of amidine groups is 1. The van der Waals surface area contributed by atoms with Crippen LogP contribution in [0.25, 0.3) is 0 Å². The molecule has 0 amide bonds. The Kier molecular flexibility index (Phi) is 1.59. The van der Waals surface area contributed by atoms with Crippen molar-refractivity contribution in [2.24, 2.45) is 16.7 Å². The Labute approximate surface area is 55.5 Å². The highest BCUT2D eigenvalue weighted by Gasteiger charge is 1.98. The van der Waals surface area contributed by atoms with Gasteiger partial charge in [-0.15, -0.1) is 5.10 Å². The molecule has 0 aliphatic heterocycles. The van der Waals surface area contributed by atoms with Gasteiger partial charge >= 0.3 is 0 Å². The minimum atomic E-state index is 0.212. The van der Waals surface area contributed by atoms with Gasteiger partial charge in [0.05, 0.1) is 0 Å². The first kappa shape index (κ1) is 5.96. The van der Waals surface area contributed by atoms with E-state index in [2.05, 4.69) is 14.7 Å². The highest BCUT2D eigenvalue weighted by molar-refractivity contribution is 7.03. The van der Waals surface area contributed by atoms with Crippen molar-refractivity contribution in [3.8, 4) is 0 Å². The summed E-state index contributed by atoms with van der Waals surface area (Å²) in [5.74, 6) is 5.07. The van der Waals surface area contributed by atoms with E-state index in [1.807, 2.05) is 0 Å². The molecule has 0 bridgehead atoms. The van der Waals surface area contributed by atoms with Crippen LogP contribution in [0, 0.1) is 0 Å². The molecule has 0 aromatic carbocycles. The average Bonchev–Trinajstić information content (AvgIpc) is 2.37. The summed E-state index contributed by atoms with van der Waals surface area (Å²) in [6, 6.07) is 0. The second kappa shape index (κ2) is 2.40. The fourth-order valence-electron chi connectivity index (χ4n) is 0.342. The second-order valence-electron chi connectivity index (χ2n) is 1.30. The third kappa shape index (κ3) is 1.14. The first-order valence-corrected chi connectivity index (χ1v) is 2.99. The molecule has 1 heterocycles. The highest BCUT2D eigenvalue weighted by atomic mass is 32.1. The molecule has 0 aliphatic carbocycles. The van der Waals surface area contributed by atoms with Crippen LogP contribution < -0.4 is 11.6 Å². The summed E-state index contributed by atoms with van der Waals surface area (Å²) >= 11 is 1.21. The van der Waals surface area contributed by atoms with Crippen molar-refractivity contribution in [1.29, 1.82) is 0 Å². The molecule has 6 heteroatoms. The van der Waals surface area contributed by atoms with Gasteiger partial charge in [0.2, 0.25) is 0 Å². The smallest absolute Gasteiger partial charge is 0.171 e. The Morgan fingerprint density at radius 3 is 3.00 bits per heavy atom. The maximum atomic E-state index is 5.27. The number of nitrogens with two attached hydrogens (primary N) is 2. The Morgan fingerprint density at radius 1 is 1.78 bits per heavy atom. The Morgan fingerprint density at radius 2 is 2.56 bits per heavy atom. The van der Waals surface area contributed by atoms with Gasteiger partial charge in [-0.05, 0) is 11.5 Å². The lowest BCUT2D eigenvalue weighted by Gasteiger charge is -1.86. The predicted octanol–water partition coefficient (Wildman–Crippen LogP) is -0.883. The number of hydrogen-bond donors (Lipinski definition) is 2. The van der Waals surface area contributed by atoms with Crippen molar-refractivity contribution in [3.63, 3.8) is 0 Å². The van der Waals surface area contributed by atoms with Crippen LogP contribution in [-0.2, 0) is 0 Å². The normalized spacial score (nSPS) is 11.8. The number of rotatable bonds is 1. The van der Waals surface area contributed by atoms with Crippen LogP contribution in [0.2, 0.25) is 0 Å². The van der Waals surface area contributed by atoms with Gasteiger partial charge in [-0.3, -0.25) is 0 Å². The van der Waals surface area contributed by atoms with Gasteiger partial charge in [-0.1, -0.05) is 4.49 Å². The number of hydrazone groups is 1. The van der Waals surface area contributed by atoms with Gasteiger partial charge in [0.15, 0.2) is 5.84 Å². The molecule has 1 aromatic heterocycles. The summed E-state index contributed by atoms with van der Waals surface area (Å²) in [6.45, 7) is 0. The predicted molar refractivity (Wildman–Crippen MR) is 34.8 cm³/mol. The molecule has 0 radical (unpaired) electrons. The first-order valence-electron chi connectivity index (χ1n) is 2.15. The van der Waals surface area contributed by atoms with E-state index in [0.29, 0.717) is 5.69 Å². The summed E-state index contributed by atoms with van der Waals surface area (Å²) in [6.07, 6.45) is 0. The zero-order valence-electron chi connectivity index (χ0n) is 4.48. The maximum absolute atomic E-state index is 5.27. The molecule has 0 aliphatic rings. The Hall–Kier alpha value is -1.17. The van der Waals surface area contributed by atoms with Crippen molar-refractivity contribution in [3.05, 3.63) is 11.1 Å². The molecule has 9 heavy (non-hydrogen) atoms. The van der Waals surface area contributed by atoms with E-state index in [1.54, 1.807) is 5.38 Å². The summed E-state index contributed by atoms with van der Waals surface area (Å²) in [4.78, 5) is 0. The summed E-state index contributed by atoms with van der Waals surface area (Å²) in [5, 5.41) is 8.52. The van der Waals surface area contributed by atoms with E-state index in [9.17, 15) is 0 Å². The van der Waals surface area contributed by atoms with E-state index >= 15 is 0 Å². The molecule has 0 atom stereocenters. The summed E-state index contributed by atoms with van der Waals surface area (Å²) in [5.41, 5.74) is 5.80. The average molecular weight is 143 g/mol. The van der Waals surface area contributed by atoms with Crippen molar-refractivity contribution in [2.45, 2.75) is 0 Å². The van der Waals surface area contributed by atoms with Crippen LogP contribution in [0.5, 0.6) is 0 Å². The van der Waals surface area contributed by atoms with E-state index < -0.39 is 0 Å². The quantitative estimate of drug-likeness (QED) is 0.231. The van der Waals surface area contributed by atoms with Gasteiger partial charge in [-0.25, -0.2) is 0 Å². The summed E-state index contributed by atoms with van der Waals surface area (Å²) < 4.78 is 3.57. The van der Waals surface area contributed by atoms with Gasteiger partial charge in [-0.2, -0.15) is 5.10 Å². The molecular formula is C3H5N5S. The van der Waals surface area contributed by atoms with Crippen molar-refractivity contribution in [1.82, 2.24) is 9.59 Å². The Balaban J connectivity index is 2.90. The minimum absolute atomic E-state index is 0.212. The molecule has 0 saturated heterocycles. The van der Waals surface area contributed by atoms with E-state index in [-0.39, 0.29) is 5.84 Å². The van der Waals surface area contributed by atoms with Gasteiger partial charge < -0.3 is 11.6 Å². The molecule has 5 nitrogen and oxygen atoms in total. The molecular weight excluding hydrogens is 138 g/mol. The maximum Gasteiger partial charge on any atom is 0.171 e. The van der Waals surface area contributed by atoms with Crippen LogP contribution >= 0.6 is 11.5 Å². The molecule has 4 N–H and O–H groups in total. The lowest BCUT2D eigenvalue weighted by atomic mass is 10.5. The van der Waals surface area contributed by atoms with Gasteiger partial charge in [0, 0.05) is 5.38 Å². The zero-order valence-corrected chi connectivity index (χ0v) is 5.30. The fraction of sp³-hybridized carbons (Fsp3) is 0. The largest absolute Gasteiger partial charge is 0.380 e. The third-order valence-corrected chi connectivity index (χ3v) is 1.27. The van der Waals surface area contributed by atoms with E-state index in [0.717, 1.165) is 0 Å². The standard InChI is InChI=1S/C3H5N5S/c4-3(6-5)2-1-9-8-7-2/h1H,5H2,(H2,4,6). The van der Waals surface area contributed by atoms with Crippen molar-refractivity contribution < 1.29 is 0 Å². The molecule has 0 fully saturated rings. The topological polar surface area (TPSA) is 90.2 Å². The molecule has 0 saturated carbocycles. The molecule has 48 valence electrons. The molecule has 1 rings (SSSR count). The fourth-order valence-corrected chi connectivity index (χ4v) is 0.792. The van der Waals surface area contributed by atoms with Crippen molar-refractivity contribution >= 4 is 17.4 Å². The number of nitrogens with zero attached hydrogens (tertiary/aromatic N) is 3. The molecule has 0 unspecified atom stereocenters. The van der Waals surface area contributed by atoms with Crippen LogP contribution in [0.15, 0.2) is 10.5 Å². The monoisotopic (exact) mass is 143 g/mol. The van der Waals surface area contributed by atoms with Gasteiger partial charge in [0.1, 0.15) is 5.69 Å². The molecule has 1 aromatic rings. The zero-order chi connectivity index (χ0) is 6.69. The van der Waals surface area contributed by atoms with Crippen LogP contribution in [0.1, 0.15) is 5.69 Å². The first-order chi connectivity index (χ1) is 4.34. The van der Waals surface area contributed by atoms with Crippen LogP contribution in [0.4, 0.5) is 0 Å².